The maximum atomic E-state index is 12.7. The van der Waals surface area contributed by atoms with E-state index in [4.69, 9.17) is 18.5 Å². The number of phosphoric ester groups is 1. The fourth-order valence-corrected chi connectivity index (χ4v) is 6.61. The topological polar surface area (TPSA) is 129 Å². The molecule has 10 nitrogen and oxygen atoms in total. The highest BCUT2D eigenvalue weighted by molar-refractivity contribution is 7.47. The van der Waals surface area contributed by atoms with Crippen molar-refractivity contribution in [1.29, 1.82) is 0 Å². The number of rotatable bonds is 40. The summed E-state index contributed by atoms with van der Waals surface area (Å²) in [5.74, 6) is -0.858. The summed E-state index contributed by atoms with van der Waals surface area (Å²) in [5, 5.41) is 9.88. The fraction of sp³-hybridized carbons (Fsp3) is 0.783. The molecule has 0 saturated carbocycles. The molecule has 332 valence electrons. The lowest BCUT2D eigenvalue weighted by Crippen LogP contribution is -2.37. The lowest BCUT2D eigenvalue weighted by Gasteiger charge is -2.24. The third-order valence-corrected chi connectivity index (χ3v) is 10.4. The van der Waals surface area contributed by atoms with Gasteiger partial charge in [-0.3, -0.25) is 18.6 Å². The molecule has 0 amide bonds. The number of phosphoric acid groups is 1. The molecule has 11 heteroatoms. The Bertz CT molecular complexity index is 1130. The quantitative estimate of drug-likeness (QED) is 0.0155. The Labute approximate surface area is 348 Å². The Hall–Kier alpha value is -2.07. The Kier molecular flexibility index (Phi) is 36.8. The van der Waals surface area contributed by atoms with Gasteiger partial charge in [0.15, 0.2) is 6.10 Å². The number of nitrogens with zero attached hydrogens (tertiary/aromatic N) is 1. The summed E-state index contributed by atoms with van der Waals surface area (Å²) in [6.45, 7) is 4.16. The normalized spacial score (nSPS) is 14.6. The van der Waals surface area contributed by atoms with Crippen molar-refractivity contribution < 1.29 is 47.2 Å². The lowest BCUT2D eigenvalue weighted by molar-refractivity contribution is -0.870. The predicted molar refractivity (Wildman–Crippen MR) is 235 cm³/mol. The first kappa shape index (κ1) is 54.9. The van der Waals surface area contributed by atoms with Gasteiger partial charge >= 0.3 is 19.8 Å². The van der Waals surface area contributed by atoms with Crippen LogP contribution in [-0.2, 0) is 32.7 Å². The van der Waals surface area contributed by atoms with Gasteiger partial charge in [0.1, 0.15) is 19.8 Å². The van der Waals surface area contributed by atoms with Crippen LogP contribution in [0.1, 0.15) is 174 Å². The maximum Gasteiger partial charge on any atom is 0.472 e. The van der Waals surface area contributed by atoms with Crippen molar-refractivity contribution in [3.63, 3.8) is 0 Å². The van der Waals surface area contributed by atoms with E-state index in [1.165, 1.54) is 64.2 Å². The van der Waals surface area contributed by atoms with Gasteiger partial charge in [0.25, 0.3) is 0 Å². The smallest absolute Gasteiger partial charge is 0.462 e. The summed E-state index contributed by atoms with van der Waals surface area (Å²) in [6.07, 6.45) is 40.6. The van der Waals surface area contributed by atoms with Crippen LogP contribution in [0.5, 0.6) is 0 Å². The van der Waals surface area contributed by atoms with E-state index < -0.39 is 38.6 Å². The molecule has 0 aliphatic rings. The van der Waals surface area contributed by atoms with E-state index in [0.29, 0.717) is 30.3 Å². The molecule has 0 aromatic rings. The molecule has 0 spiro atoms. The monoisotopic (exact) mass is 827 g/mol. The Morgan fingerprint density at radius 1 is 0.632 bits per heavy atom. The van der Waals surface area contributed by atoms with E-state index in [1.807, 2.05) is 39.4 Å². The zero-order valence-corrected chi connectivity index (χ0v) is 37.8. The van der Waals surface area contributed by atoms with Gasteiger partial charge in [-0.1, -0.05) is 146 Å². The molecule has 3 atom stereocenters. The minimum absolute atomic E-state index is 0.0174. The van der Waals surface area contributed by atoms with Crippen molar-refractivity contribution in [2.75, 3.05) is 47.5 Å². The molecular formula is C46H85NO9P+. The van der Waals surface area contributed by atoms with E-state index in [9.17, 15) is 24.2 Å². The van der Waals surface area contributed by atoms with Gasteiger partial charge in [-0.15, -0.1) is 0 Å². The SMILES string of the molecule is CC/C=C/CC(O)/C=C/C=C/CCCCCCCC(=O)OC[C@H](COP(=O)(O)OCC[N+](C)(C)C)OC(=O)CCCCCCCCC/C=C\CCCCCCCC. The minimum atomic E-state index is -4.39. The second kappa shape index (κ2) is 38.2. The van der Waals surface area contributed by atoms with Gasteiger partial charge in [0.2, 0.25) is 0 Å². The van der Waals surface area contributed by atoms with Crippen molar-refractivity contribution in [3.05, 3.63) is 48.6 Å². The summed E-state index contributed by atoms with van der Waals surface area (Å²) in [5.41, 5.74) is 0. The number of hydrogen-bond donors (Lipinski definition) is 2. The van der Waals surface area contributed by atoms with E-state index in [2.05, 4.69) is 38.2 Å². The molecule has 0 aliphatic heterocycles. The van der Waals surface area contributed by atoms with Gasteiger partial charge in [-0.25, -0.2) is 4.57 Å². The molecule has 0 heterocycles. The number of ether oxygens (including phenoxy) is 2. The number of likely N-dealkylation sites (N-methyl/N-ethyl adjacent to an activating group) is 1. The largest absolute Gasteiger partial charge is 0.472 e. The van der Waals surface area contributed by atoms with Crippen LogP contribution in [0, 0.1) is 0 Å². The molecular weight excluding hydrogens is 741 g/mol. The van der Waals surface area contributed by atoms with Gasteiger partial charge in [-0.05, 0) is 64.2 Å². The molecule has 0 aliphatic carbocycles. The van der Waals surface area contributed by atoms with Crippen molar-refractivity contribution in [1.82, 2.24) is 0 Å². The molecule has 0 rings (SSSR count). The highest BCUT2D eigenvalue weighted by Crippen LogP contribution is 2.43. The second-order valence-electron chi connectivity index (χ2n) is 16.2. The lowest BCUT2D eigenvalue weighted by atomic mass is 10.1. The number of esters is 2. The van der Waals surface area contributed by atoms with Crippen LogP contribution in [0.15, 0.2) is 48.6 Å². The third kappa shape index (κ3) is 41.9. The summed E-state index contributed by atoms with van der Waals surface area (Å²) in [6, 6.07) is 0. The van der Waals surface area contributed by atoms with Crippen molar-refractivity contribution in [3.8, 4) is 0 Å². The van der Waals surface area contributed by atoms with E-state index in [0.717, 1.165) is 64.2 Å². The average molecular weight is 827 g/mol. The highest BCUT2D eigenvalue weighted by atomic mass is 31.2. The summed E-state index contributed by atoms with van der Waals surface area (Å²) in [7, 11) is 1.43. The Morgan fingerprint density at radius 2 is 1.16 bits per heavy atom. The van der Waals surface area contributed by atoms with Crippen molar-refractivity contribution in [2.24, 2.45) is 0 Å². The number of aliphatic hydroxyl groups excluding tert-OH is 1. The molecule has 2 unspecified atom stereocenters. The van der Waals surface area contributed by atoms with Crippen molar-refractivity contribution >= 4 is 19.8 Å². The zero-order valence-electron chi connectivity index (χ0n) is 36.9. The first-order valence-corrected chi connectivity index (χ1v) is 24.0. The van der Waals surface area contributed by atoms with E-state index in [-0.39, 0.29) is 26.1 Å². The van der Waals surface area contributed by atoms with Crippen LogP contribution in [0.2, 0.25) is 0 Å². The van der Waals surface area contributed by atoms with Gasteiger partial charge in [0.05, 0.1) is 33.9 Å². The number of carbonyl (C=O) groups is 2. The standard InChI is InChI=1S/C46H84NO9P/c1-6-8-10-11-12-13-14-15-16-17-18-19-20-23-27-30-34-38-46(50)56-44(42-55-57(51,52)54-40-39-47(3,4)5)41-53-45(49)37-33-29-26-24-21-22-25-28-32-36-43(48)35-31-9-7-2/h9,15-16,25,28,31-32,36,43-44,48H,6-8,10-14,17-24,26-27,29-30,33-35,37-42H2,1-5H3/p+1/b16-15-,28-25+,31-9+,36-32+/t43?,44-/m1/s1. The highest BCUT2D eigenvalue weighted by Gasteiger charge is 2.27. The van der Waals surface area contributed by atoms with Crippen LogP contribution < -0.4 is 0 Å². The maximum absolute atomic E-state index is 12.7. The number of carbonyl (C=O) groups excluding carboxylic acids is 2. The molecule has 0 bridgehead atoms. The summed E-state index contributed by atoms with van der Waals surface area (Å²) in [4.78, 5) is 35.4. The number of unbranched alkanes of at least 4 members (excludes halogenated alkanes) is 18. The zero-order chi connectivity index (χ0) is 42.3. The van der Waals surface area contributed by atoms with Crippen LogP contribution in [0.3, 0.4) is 0 Å². The first-order chi connectivity index (χ1) is 27.4. The number of allylic oxidation sites excluding steroid dienone is 6. The second-order valence-corrected chi connectivity index (χ2v) is 17.7. The average Bonchev–Trinajstić information content (AvgIpc) is 3.15. The molecule has 57 heavy (non-hydrogen) atoms. The van der Waals surface area contributed by atoms with Gasteiger partial charge in [-0.2, -0.15) is 0 Å². The molecule has 0 aromatic carbocycles. The van der Waals surface area contributed by atoms with Crippen LogP contribution in [0.25, 0.3) is 0 Å². The molecule has 0 radical (unpaired) electrons. The first-order valence-electron chi connectivity index (χ1n) is 22.5. The van der Waals surface area contributed by atoms with Crippen LogP contribution >= 0.6 is 7.82 Å². The minimum Gasteiger partial charge on any atom is -0.462 e. The van der Waals surface area contributed by atoms with Crippen LogP contribution in [0.4, 0.5) is 0 Å². The third-order valence-electron chi connectivity index (χ3n) is 9.42. The number of aliphatic hydroxyl groups is 1. The van der Waals surface area contributed by atoms with E-state index >= 15 is 0 Å². The fourth-order valence-electron chi connectivity index (χ4n) is 5.87. The Balaban J connectivity index is 4.42. The summed E-state index contributed by atoms with van der Waals surface area (Å²) >= 11 is 0. The van der Waals surface area contributed by atoms with Crippen molar-refractivity contribution in [2.45, 2.75) is 187 Å². The Morgan fingerprint density at radius 3 is 1.72 bits per heavy atom. The van der Waals surface area contributed by atoms with Gasteiger partial charge in [0, 0.05) is 12.8 Å². The molecule has 0 fully saturated rings. The number of hydrogen-bond acceptors (Lipinski definition) is 8. The summed E-state index contributed by atoms with van der Waals surface area (Å²) < 4.78 is 34.3. The predicted octanol–water partition coefficient (Wildman–Crippen LogP) is 11.7. The van der Waals surface area contributed by atoms with E-state index in [1.54, 1.807) is 6.08 Å². The number of quaternary nitrogens is 1. The molecule has 0 saturated heterocycles. The van der Waals surface area contributed by atoms with Crippen LogP contribution in [-0.4, -0.2) is 86.1 Å². The van der Waals surface area contributed by atoms with Gasteiger partial charge < -0.3 is 24.0 Å². The molecule has 0 aromatic heterocycles. The molecule has 2 N–H and O–H groups in total.